The second kappa shape index (κ2) is 10.1. The third-order valence-electron chi connectivity index (χ3n) is 5.10. The molecule has 3 rings (SSSR count). The minimum absolute atomic E-state index is 0.123. The fourth-order valence-electron chi connectivity index (χ4n) is 3.22. The van der Waals surface area contributed by atoms with Gasteiger partial charge in [-0.25, -0.2) is 0 Å². The zero-order valence-electron chi connectivity index (χ0n) is 17.4. The first-order valence-electron chi connectivity index (χ1n) is 9.79. The summed E-state index contributed by atoms with van der Waals surface area (Å²) in [6.07, 6.45) is -5.33. The first-order chi connectivity index (χ1) is 15.7. The van der Waals surface area contributed by atoms with Crippen molar-refractivity contribution in [1.82, 2.24) is 0 Å². The summed E-state index contributed by atoms with van der Waals surface area (Å²) >= 11 is 0. The smallest absolute Gasteiger partial charge is 0.229 e. The molecule has 1 aliphatic heterocycles. The number of methoxy groups -OCH3 is 1. The number of aliphatic hydroxyl groups excluding tert-OH is 4. The van der Waals surface area contributed by atoms with Crippen LogP contribution in [0.5, 0.6) is 28.7 Å². The second-order valence-corrected chi connectivity index (χ2v) is 7.25. The molecule has 7 N–H and O–H groups in total. The Kier molecular flexibility index (Phi) is 7.41. The molecule has 1 saturated heterocycles. The molecule has 5 unspecified atom stereocenters. The van der Waals surface area contributed by atoms with E-state index >= 15 is 0 Å². The lowest BCUT2D eigenvalue weighted by atomic mass is 9.99. The van der Waals surface area contributed by atoms with Crippen LogP contribution in [0.2, 0.25) is 0 Å². The van der Waals surface area contributed by atoms with Gasteiger partial charge in [-0.05, 0) is 35.9 Å². The van der Waals surface area contributed by atoms with E-state index in [4.69, 9.17) is 14.2 Å². The van der Waals surface area contributed by atoms with Gasteiger partial charge in [0, 0.05) is 0 Å². The molecule has 0 radical (unpaired) electrons. The largest absolute Gasteiger partial charge is 0.504 e. The molecule has 1 aliphatic rings. The second-order valence-electron chi connectivity index (χ2n) is 7.25. The van der Waals surface area contributed by atoms with Crippen LogP contribution in [-0.4, -0.2) is 86.0 Å². The van der Waals surface area contributed by atoms with Crippen molar-refractivity contribution in [2.24, 2.45) is 0 Å². The maximum Gasteiger partial charge on any atom is 0.229 e. The standard InChI is InChI=1S/C22H24O11/c1-31-14-6-3-10(8-13(14)25)2-5-12(24)11-4-7-15(18(27)17(11)26)32-22-21(30)20(29)19(28)16(9-23)33-22/h2-8,16,19-23,25-30H,9H2,1H3. The SMILES string of the molecule is COc1ccc(C=CC(=O)c2ccc(OC3OC(CO)C(O)C(O)C3O)c(O)c2O)cc1O. The van der Waals surface area contributed by atoms with Gasteiger partial charge in [-0.3, -0.25) is 4.79 Å². The maximum absolute atomic E-state index is 12.5. The van der Waals surface area contributed by atoms with Crippen molar-refractivity contribution in [3.8, 4) is 28.7 Å². The molecule has 5 atom stereocenters. The zero-order chi connectivity index (χ0) is 24.3. The summed E-state index contributed by atoms with van der Waals surface area (Å²) in [6.45, 7) is -0.673. The van der Waals surface area contributed by atoms with Crippen LogP contribution >= 0.6 is 0 Å². The van der Waals surface area contributed by atoms with Crippen molar-refractivity contribution >= 4 is 11.9 Å². The van der Waals surface area contributed by atoms with E-state index in [1.165, 1.54) is 25.3 Å². The van der Waals surface area contributed by atoms with Crippen molar-refractivity contribution in [2.75, 3.05) is 13.7 Å². The minimum atomic E-state index is -1.73. The first kappa shape index (κ1) is 24.3. The van der Waals surface area contributed by atoms with Gasteiger partial charge in [0.25, 0.3) is 0 Å². The van der Waals surface area contributed by atoms with E-state index in [0.29, 0.717) is 5.56 Å². The van der Waals surface area contributed by atoms with Crippen LogP contribution in [0.1, 0.15) is 15.9 Å². The summed E-state index contributed by atoms with van der Waals surface area (Å²) in [5, 5.41) is 69.2. The molecule has 1 fully saturated rings. The summed E-state index contributed by atoms with van der Waals surface area (Å²) in [4.78, 5) is 12.5. The van der Waals surface area contributed by atoms with Crippen molar-refractivity contribution in [1.29, 1.82) is 0 Å². The molecular formula is C22H24O11. The monoisotopic (exact) mass is 464 g/mol. The first-order valence-corrected chi connectivity index (χ1v) is 9.79. The fraction of sp³-hybridized carbons (Fsp3) is 0.318. The number of benzene rings is 2. The summed E-state index contributed by atoms with van der Waals surface area (Å²) in [5.74, 6) is -2.54. The molecule has 2 aromatic carbocycles. The molecule has 11 nitrogen and oxygen atoms in total. The van der Waals surface area contributed by atoms with Gasteiger partial charge in [0.2, 0.25) is 12.0 Å². The Labute approximate surface area is 188 Å². The quantitative estimate of drug-likeness (QED) is 0.165. The lowest BCUT2D eigenvalue weighted by Crippen LogP contribution is -2.60. The summed E-state index contributed by atoms with van der Waals surface area (Å²) in [7, 11) is 1.40. The number of carbonyl (C=O) groups excluding carboxylic acids is 1. The van der Waals surface area contributed by atoms with E-state index in [9.17, 15) is 40.5 Å². The van der Waals surface area contributed by atoms with Crippen LogP contribution in [0.25, 0.3) is 6.08 Å². The fourth-order valence-corrected chi connectivity index (χ4v) is 3.22. The van der Waals surface area contributed by atoms with E-state index in [2.05, 4.69) is 0 Å². The lowest BCUT2D eigenvalue weighted by molar-refractivity contribution is -0.277. The van der Waals surface area contributed by atoms with E-state index < -0.39 is 54.6 Å². The van der Waals surface area contributed by atoms with Crippen molar-refractivity contribution < 1.29 is 54.8 Å². The molecule has 33 heavy (non-hydrogen) atoms. The lowest BCUT2D eigenvalue weighted by Gasteiger charge is -2.39. The number of ketones is 1. The van der Waals surface area contributed by atoms with Gasteiger partial charge < -0.3 is 50.0 Å². The number of hydrogen-bond acceptors (Lipinski definition) is 11. The highest BCUT2D eigenvalue weighted by Crippen LogP contribution is 2.40. The average Bonchev–Trinajstić information content (AvgIpc) is 2.80. The minimum Gasteiger partial charge on any atom is -0.504 e. The molecule has 0 bridgehead atoms. The highest BCUT2D eigenvalue weighted by molar-refractivity contribution is 6.09. The van der Waals surface area contributed by atoms with E-state index in [0.717, 1.165) is 18.2 Å². The predicted molar refractivity (Wildman–Crippen MR) is 112 cm³/mol. The number of carbonyl (C=O) groups is 1. The van der Waals surface area contributed by atoms with Crippen molar-refractivity contribution in [3.05, 3.63) is 47.5 Å². The van der Waals surface area contributed by atoms with E-state index in [1.54, 1.807) is 6.07 Å². The van der Waals surface area contributed by atoms with Gasteiger partial charge in [0.15, 0.2) is 28.8 Å². The van der Waals surface area contributed by atoms with Crippen LogP contribution in [0, 0.1) is 0 Å². The highest BCUT2D eigenvalue weighted by Gasteiger charge is 2.45. The van der Waals surface area contributed by atoms with Gasteiger partial charge in [0.05, 0.1) is 19.3 Å². The van der Waals surface area contributed by atoms with Crippen LogP contribution in [0.15, 0.2) is 36.4 Å². The summed E-state index contributed by atoms with van der Waals surface area (Å²) < 4.78 is 15.4. The Hall–Kier alpha value is -3.35. The van der Waals surface area contributed by atoms with Crippen LogP contribution < -0.4 is 9.47 Å². The number of phenols is 3. The predicted octanol–water partition coefficient (Wildman–Crippen LogP) is -0.113. The average molecular weight is 464 g/mol. The van der Waals surface area contributed by atoms with Gasteiger partial charge in [0.1, 0.15) is 24.4 Å². The van der Waals surface area contributed by atoms with E-state index in [-0.39, 0.29) is 22.8 Å². The molecule has 0 aliphatic carbocycles. The van der Waals surface area contributed by atoms with Crippen LogP contribution in [0.3, 0.4) is 0 Å². The van der Waals surface area contributed by atoms with Crippen LogP contribution in [-0.2, 0) is 4.74 Å². The Balaban J connectivity index is 1.77. The molecule has 0 aromatic heterocycles. The third-order valence-corrected chi connectivity index (χ3v) is 5.10. The number of ether oxygens (including phenoxy) is 3. The number of aliphatic hydroxyl groups is 4. The van der Waals surface area contributed by atoms with Gasteiger partial charge in [-0.2, -0.15) is 0 Å². The molecule has 0 spiro atoms. The van der Waals surface area contributed by atoms with E-state index in [1.807, 2.05) is 0 Å². The maximum atomic E-state index is 12.5. The van der Waals surface area contributed by atoms with Crippen molar-refractivity contribution in [3.63, 3.8) is 0 Å². The van der Waals surface area contributed by atoms with Gasteiger partial charge in [-0.15, -0.1) is 0 Å². The Morgan fingerprint density at radius 1 is 1.00 bits per heavy atom. The topological polar surface area (TPSA) is 186 Å². The number of phenolic OH excluding ortho intramolecular Hbond substituents is 3. The summed E-state index contributed by atoms with van der Waals surface area (Å²) in [6, 6.07) is 6.77. The van der Waals surface area contributed by atoms with Gasteiger partial charge >= 0.3 is 0 Å². The Morgan fingerprint density at radius 2 is 1.70 bits per heavy atom. The molecule has 1 heterocycles. The number of aromatic hydroxyl groups is 3. The van der Waals surface area contributed by atoms with Crippen molar-refractivity contribution in [2.45, 2.75) is 30.7 Å². The number of rotatable bonds is 7. The number of allylic oxidation sites excluding steroid dienone is 1. The molecule has 2 aromatic rings. The molecule has 178 valence electrons. The van der Waals surface area contributed by atoms with Gasteiger partial charge in [-0.1, -0.05) is 12.1 Å². The Bertz CT molecular complexity index is 1030. The third kappa shape index (κ3) is 5.02. The summed E-state index contributed by atoms with van der Waals surface area (Å²) in [5.41, 5.74) is 0.218. The molecule has 0 saturated carbocycles. The van der Waals surface area contributed by atoms with Crippen LogP contribution in [0.4, 0.5) is 0 Å². The molecular weight excluding hydrogens is 440 g/mol. The number of hydrogen-bond donors (Lipinski definition) is 7. The Morgan fingerprint density at radius 3 is 2.33 bits per heavy atom. The zero-order valence-corrected chi connectivity index (χ0v) is 17.4. The molecule has 11 heteroatoms. The highest BCUT2D eigenvalue weighted by atomic mass is 16.7. The molecule has 0 amide bonds. The normalized spacial score (nSPS) is 25.2.